The molecule has 3 fully saturated rings. The van der Waals surface area contributed by atoms with Crippen LogP contribution < -0.4 is 0 Å². The van der Waals surface area contributed by atoms with Crippen molar-refractivity contribution in [2.45, 2.75) is 52.9 Å². The number of rotatable bonds is 0. The summed E-state index contributed by atoms with van der Waals surface area (Å²) in [5, 5.41) is 9.98. The number of nitrogens with zero attached hydrogens (tertiary/aromatic N) is 1. The van der Waals surface area contributed by atoms with Gasteiger partial charge in [-0.05, 0) is 84.7 Å². The number of allylic oxidation sites excluding steroid dienone is 4. The fourth-order valence-corrected chi connectivity index (χ4v) is 7.55. The van der Waals surface area contributed by atoms with Gasteiger partial charge in [-0.2, -0.15) is 5.26 Å². The molecule has 0 unspecified atom stereocenters. The summed E-state index contributed by atoms with van der Waals surface area (Å²) in [6, 6.07) is 2.76. The third-order valence-electron chi connectivity index (χ3n) is 9.23. The van der Waals surface area contributed by atoms with E-state index >= 15 is 0 Å². The molecule has 2 heteroatoms. The summed E-state index contributed by atoms with van der Waals surface area (Å²) >= 11 is 0. The minimum atomic E-state index is -0.138. The lowest BCUT2D eigenvalue weighted by atomic mass is 9.46. The maximum atomic E-state index is 11.9. The SMILES string of the molecule is C[C@]12CCC(=O)C=C1C=C[C@H]1[C@@H]3[C@@H]4C[C@@H]4[C@](C)(C#N)[C@@]3(C)CC[C@@H]12. The lowest BCUT2D eigenvalue weighted by Crippen LogP contribution is -2.52. The fraction of sp³-hybridized carbons (Fsp3) is 0.727. The van der Waals surface area contributed by atoms with Gasteiger partial charge in [0.25, 0.3) is 0 Å². The van der Waals surface area contributed by atoms with E-state index in [0.717, 1.165) is 12.3 Å². The van der Waals surface area contributed by atoms with E-state index in [9.17, 15) is 10.1 Å². The average molecular weight is 321 g/mol. The van der Waals surface area contributed by atoms with Gasteiger partial charge in [-0.1, -0.05) is 26.0 Å². The molecule has 5 rings (SSSR count). The van der Waals surface area contributed by atoms with E-state index in [0.29, 0.717) is 35.9 Å². The second kappa shape index (κ2) is 4.24. The van der Waals surface area contributed by atoms with Crippen molar-refractivity contribution in [1.29, 1.82) is 5.26 Å². The minimum Gasteiger partial charge on any atom is -0.295 e. The summed E-state index contributed by atoms with van der Waals surface area (Å²) in [6.07, 6.45) is 12.0. The first-order valence-electron chi connectivity index (χ1n) is 9.70. The van der Waals surface area contributed by atoms with Gasteiger partial charge in [0, 0.05) is 6.42 Å². The van der Waals surface area contributed by atoms with Crippen molar-refractivity contribution in [3.05, 3.63) is 23.8 Å². The van der Waals surface area contributed by atoms with Crippen LogP contribution in [0.4, 0.5) is 0 Å². The molecule has 5 aliphatic carbocycles. The van der Waals surface area contributed by atoms with Crippen LogP contribution in [0.1, 0.15) is 52.9 Å². The maximum Gasteiger partial charge on any atom is 0.156 e. The first-order valence-corrected chi connectivity index (χ1v) is 9.70. The Labute approximate surface area is 145 Å². The van der Waals surface area contributed by atoms with E-state index < -0.39 is 0 Å². The van der Waals surface area contributed by atoms with Crippen LogP contribution in [0, 0.1) is 57.2 Å². The van der Waals surface area contributed by atoms with Crippen LogP contribution in [-0.4, -0.2) is 5.78 Å². The molecular formula is C22H27NO. The van der Waals surface area contributed by atoms with Crippen molar-refractivity contribution in [2.75, 3.05) is 0 Å². The van der Waals surface area contributed by atoms with Gasteiger partial charge in [0.2, 0.25) is 0 Å². The topological polar surface area (TPSA) is 40.9 Å². The number of hydrogen-bond acceptors (Lipinski definition) is 2. The summed E-state index contributed by atoms with van der Waals surface area (Å²) < 4.78 is 0. The van der Waals surface area contributed by atoms with Crippen molar-refractivity contribution in [1.82, 2.24) is 0 Å². The summed E-state index contributed by atoms with van der Waals surface area (Å²) in [5.74, 6) is 3.61. The van der Waals surface area contributed by atoms with Gasteiger partial charge in [0.05, 0.1) is 11.5 Å². The molecule has 0 aliphatic heterocycles. The Morgan fingerprint density at radius 3 is 2.75 bits per heavy atom. The van der Waals surface area contributed by atoms with E-state index in [1.807, 2.05) is 6.08 Å². The molecule has 0 heterocycles. The molecular weight excluding hydrogens is 294 g/mol. The molecule has 0 radical (unpaired) electrons. The molecule has 0 bridgehead atoms. The van der Waals surface area contributed by atoms with Gasteiger partial charge in [-0.3, -0.25) is 4.79 Å². The van der Waals surface area contributed by atoms with E-state index in [1.165, 1.54) is 24.8 Å². The van der Waals surface area contributed by atoms with Crippen molar-refractivity contribution in [3.63, 3.8) is 0 Å². The second-order valence-corrected chi connectivity index (χ2v) is 9.83. The number of nitriles is 1. The van der Waals surface area contributed by atoms with Crippen LogP contribution in [0.25, 0.3) is 0 Å². The van der Waals surface area contributed by atoms with Gasteiger partial charge in [-0.15, -0.1) is 0 Å². The van der Waals surface area contributed by atoms with Crippen LogP contribution in [0.3, 0.4) is 0 Å². The third-order valence-corrected chi connectivity index (χ3v) is 9.23. The molecule has 0 spiro atoms. The summed E-state index contributed by atoms with van der Waals surface area (Å²) in [4.78, 5) is 11.9. The molecule has 0 saturated heterocycles. The predicted octanol–water partition coefficient (Wildman–Crippen LogP) is 4.68. The van der Waals surface area contributed by atoms with Crippen LogP contribution >= 0.6 is 0 Å². The quantitative estimate of drug-likeness (QED) is 0.650. The molecule has 0 aromatic heterocycles. The molecule has 24 heavy (non-hydrogen) atoms. The Morgan fingerprint density at radius 2 is 2.00 bits per heavy atom. The van der Waals surface area contributed by atoms with Gasteiger partial charge < -0.3 is 0 Å². The zero-order chi connectivity index (χ0) is 16.9. The highest BCUT2D eigenvalue weighted by Crippen LogP contribution is 2.79. The Kier molecular flexibility index (Phi) is 2.64. The van der Waals surface area contributed by atoms with Crippen LogP contribution in [0.2, 0.25) is 0 Å². The number of ketones is 1. The molecule has 5 aliphatic rings. The van der Waals surface area contributed by atoms with Gasteiger partial charge in [0.15, 0.2) is 5.78 Å². The first-order chi connectivity index (χ1) is 11.3. The predicted molar refractivity (Wildman–Crippen MR) is 92.7 cm³/mol. The summed E-state index contributed by atoms with van der Waals surface area (Å²) in [6.45, 7) is 7.06. The lowest BCUT2D eigenvalue weighted by Gasteiger charge is -2.58. The number of hydrogen-bond donors (Lipinski definition) is 0. The van der Waals surface area contributed by atoms with Gasteiger partial charge in [0.1, 0.15) is 0 Å². The molecule has 0 amide bonds. The van der Waals surface area contributed by atoms with E-state index in [2.05, 4.69) is 39.0 Å². The van der Waals surface area contributed by atoms with Crippen LogP contribution in [0.15, 0.2) is 23.8 Å². The van der Waals surface area contributed by atoms with Crippen molar-refractivity contribution in [3.8, 4) is 6.07 Å². The van der Waals surface area contributed by atoms with Crippen molar-refractivity contribution >= 4 is 5.78 Å². The highest BCUT2D eigenvalue weighted by atomic mass is 16.1. The minimum absolute atomic E-state index is 0.138. The van der Waals surface area contributed by atoms with Crippen LogP contribution in [0.5, 0.6) is 0 Å². The van der Waals surface area contributed by atoms with Crippen LogP contribution in [-0.2, 0) is 4.79 Å². The fourth-order valence-electron chi connectivity index (χ4n) is 7.55. The maximum absolute atomic E-state index is 11.9. The molecule has 126 valence electrons. The highest BCUT2D eigenvalue weighted by molar-refractivity contribution is 5.92. The Morgan fingerprint density at radius 1 is 1.21 bits per heavy atom. The Balaban J connectivity index is 1.60. The zero-order valence-electron chi connectivity index (χ0n) is 15.0. The number of carbonyl (C=O) groups excluding carboxylic acids is 1. The van der Waals surface area contributed by atoms with Crippen molar-refractivity contribution in [2.24, 2.45) is 45.8 Å². The monoisotopic (exact) mass is 321 g/mol. The first kappa shape index (κ1) is 14.9. The zero-order valence-corrected chi connectivity index (χ0v) is 15.0. The Bertz CT molecular complexity index is 742. The highest BCUT2D eigenvalue weighted by Gasteiger charge is 2.74. The molecule has 0 N–H and O–H groups in total. The van der Waals surface area contributed by atoms with Gasteiger partial charge in [-0.25, -0.2) is 0 Å². The standard InChI is InChI=1S/C22H27NO/c1-20-8-6-14(24)10-13(20)4-5-15-17(20)7-9-21(2)19(15)16-11-18(16)22(21,3)12-23/h4-5,10,15-19H,6-9,11H2,1-3H3/t15-,16-,17+,18+,19-,20+,21+,22+/m1/s1. The second-order valence-electron chi connectivity index (χ2n) is 9.83. The largest absolute Gasteiger partial charge is 0.295 e. The summed E-state index contributed by atoms with van der Waals surface area (Å²) in [7, 11) is 0. The van der Waals surface area contributed by atoms with E-state index in [-0.39, 0.29) is 16.2 Å². The van der Waals surface area contributed by atoms with Crippen molar-refractivity contribution < 1.29 is 4.79 Å². The number of fused-ring (bicyclic) bond motifs is 7. The molecule has 8 atom stereocenters. The molecule has 2 nitrogen and oxygen atoms in total. The summed E-state index contributed by atoms with van der Waals surface area (Å²) in [5.41, 5.74) is 1.48. The molecule has 0 aromatic carbocycles. The van der Waals surface area contributed by atoms with E-state index in [1.54, 1.807) is 0 Å². The normalized spacial score (nSPS) is 57.2. The average Bonchev–Trinajstić information content (AvgIpc) is 3.31. The van der Waals surface area contributed by atoms with Gasteiger partial charge >= 0.3 is 0 Å². The number of carbonyl (C=O) groups is 1. The lowest BCUT2D eigenvalue weighted by molar-refractivity contribution is -0.116. The molecule has 3 saturated carbocycles. The Hall–Kier alpha value is -1.36. The third kappa shape index (κ3) is 1.47. The smallest absolute Gasteiger partial charge is 0.156 e. The van der Waals surface area contributed by atoms with E-state index in [4.69, 9.17) is 0 Å². The molecule has 0 aromatic rings.